The van der Waals surface area contributed by atoms with E-state index in [1.165, 1.54) is 6.08 Å². The van der Waals surface area contributed by atoms with Gasteiger partial charge in [-0.25, -0.2) is 4.98 Å². The molecule has 1 amide bonds. The van der Waals surface area contributed by atoms with Gasteiger partial charge in [-0.05, 0) is 40.6 Å². The van der Waals surface area contributed by atoms with E-state index in [9.17, 15) is 10.1 Å². The highest BCUT2D eigenvalue weighted by atomic mass is 79.9. The van der Waals surface area contributed by atoms with Crippen molar-refractivity contribution in [3.63, 3.8) is 0 Å². The van der Waals surface area contributed by atoms with Crippen molar-refractivity contribution in [3.8, 4) is 6.07 Å². The number of hydrogen-bond donors (Lipinski definition) is 1. The number of carbonyl (C=O) groups is 1. The lowest BCUT2D eigenvalue weighted by atomic mass is 10.1. The molecule has 1 aromatic carbocycles. The quantitative estimate of drug-likeness (QED) is 0.517. The van der Waals surface area contributed by atoms with Crippen LogP contribution in [0.3, 0.4) is 0 Å². The molecule has 0 saturated carbocycles. The molecular formula is C17H14BrN3O. The maximum atomic E-state index is 12.2. The van der Waals surface area contributed by atoms with Crippen LogP contribution in [0.25, 0.3) is 6.08 Å². The lowest BCUT2D eigenvalue weighted by Gasteiger charge is -2.13. The largest absolute Gasteiger partial charge is 0.345 e. The van der Waals surface area contributed by atoms with E-state index in [-0.39, 0.29) is 11.6 Å². The number of nitriles is 1. The maximum Gasteiger partial charge on any atom is 0.262 e. The Morgan fingerprint density at radius 3 is 2.68 bits per heavy atom. The van der Waals surface area contributed by atoms with Crippen molar-refractivity contribution in [1.82, 2.24) is 10.3 Å². The molecular weight excluding hydrogens is 342 g/mol. The third-order valence-corrected chi connectivity index (χ3v) is 3.76. The highest BCUT2D eigenvalue weighted by molar-refractivity contribution is 9.10. The van der Waals surface area contributed by atoms with E-state index in [2.05, 4.69) is 26.2 Å². The van der Waals surface area contributed by atoms with Crippen LogP contribution in [-0.2, 0) is 4.79 Å². The minimum atomic E-state index is -0.408. The van der Waals surface area contributed by atoms with E-state index < -0.39 is 5.91 Å². The van der Waals surface area contributed by atoms with Gasteiger partial charge in [0, 0.05) is 11.8 Å². The maximum absolute atomic E-state index is 12.2. The topological polar surface area (TPSA) is 65.8 Å². The Kier molecular flexibility index (Phi) is 5.45. The van der Waals surface area contributed by atoms with Gasteiger partial charge >= 0.3 is 0 Å². The van der Waals surface area contributed by atoms with Crippen LogP contribution in [0.4, 0.5) is 0 Å². The second-order valence-electron chi connectivity index (χ2n) is 4.66. The Morgan fingerprint density at radius 1 is 1.32 bits per heavy atom. The zero-order valence-electron chi connectivity index (χ0n) is 12.0. The van der Waals surface area contributed by atoms with Crippen LogP contribution in [0.2, 0.25) is 0 Å². The predicted molar refractivity (Wildman–Crippen MR) is 88.5 cm³/mol. The Labute approximate surface area is 137 Å². The summed E-state index contributed by atoms with van der Waals surface area (Å²) in [6.45, 7) is 1.88. The Bertz CT molecular complexity index is 735. The number of benzene rings is 1. The van der Waals surface area contributed by atoms with E-state index in [1.54, 1.807) is 18.3 Å². The highest BCUT2D eigenvalue weighted by Gasteiger charge is 2.14. The van der Waals surface area contributed by atoms with Gasteiger partial charge in [0.1, 0.15) is 16.2 Å². The van der Waals surface area contributed by atoms with Crippen LogP contribution in [-0.4, -0.2) is 10.9 Å². The van der Waals surface area contributed by atoms with Crippen molar-refractivity contribution in [2.45, 2.75) is 13.0 Å². The van der Waals surface area contributed by atoms with Crippen molar-refractivity contribution >= 4 is 27.9 Å². The number of halogens is 1. The molecule has 1 aromatic heterocycles. The number of aromatic nitrogens is 1. The summed E-state index contributed by atoms with van der Waals surface area (Å²) in [4.78, 5) is 16.3. The van der Waals surface area contributed by atoms with Gasteiger partial charge in [0.2, 0.25) is 0 Å². The average molecular weight is 356 g/mol. The smallest absolute Gasteiger partial charge is 0.262 e. The van der Waals surface area contributed by atoms with Gasteiger partial charge in [0.05, 0.1) is 6.04 Å². The molecule has 0 saturated heterocycles. The first-order valence-electron chi connectivity index (χ1n) is 6.70. The van der Waals surface area contributed by atoms with Crippen molar-refractivity contribution in [2.24, 2.45) is 0 Å². The summed E-state index contributed by atoms with van der Waals surface area (Å²) in [6.07, 6.45) is 3.15. The lowest BCUT2D eigenvalue weighted by Crippen LogP contribution is -2.27. The van der Waals surface area contributed by atoms with Crippen LogP contribution in [0, 0.1) is 11.3 Å². The molecule has 0 aliphatic rings. The molecule has 0 bridgehead atoms. The fourth-order valence-electron chi connectivity index (χ4n) is 1.91. The van der Waals surface area contributed by atoms with Gasteiger partial charge in [-0.3, -0.25) is 4.79 Å². The van der Waals surface area contributed by atoms with Gasteiger partial charge in [-0.1, -0.05) is 36.4 Å². The third-order valence-electron chi connectivity index (χ3n) is 3.10. The van der Waals surface area contributed by atoms with Crippen LogP contribution in [0.5, 0.6) is 0 Å². The molecule has 0 spiro atoms. The first-order valence-corrected chi connectivity index (χ1v) is 7.49. The average Bonchev–Trinajstić information content (AvgIpc) is 2.54. The molecule has 1 heterocycles. The molecule has 1 atom stereocenters. The standard InChI is InChI=1S/C17H14BrN3O/c1-12(13-6-3-2-4-7-13)21-17(22)15(11-19)10-14-8-5-9-20-16(14)18/h2-10,12H,1H3,(H,21,22)/b15-10+/t12-/m0/s1. The zero-order valence-corrected chi connectivity index (χ0v) is 13.5. The molecule has 0 fully saturated rings. The van der Waals surface area contributed by atoms with Gasteiger partial charge in [-0.15, -0.1) is 0 Å². The number of pyridine rings is 1. The molecule has 2 rings (SSSR count). The van der Waals surface area contributed by atoms with Gasteiger partial charge < -0.3 is 5.32 Å². The number of nitrogens with zero attached hydrogens (tertiary/aromatic N) is 2. The molecule has 5 heteroatoms. The van der Waals surface area contributed by atoms with Crippen molar-refractivity contribution in [3.05, 3.63) is 70.0 Å². The van der Waals surface area contributed by atoms with Crippen molar-refractivity contribution in [2.75, 3.05) is 0 Å². The second kappa shape index (κ2) is 7.53. The van der Waals surface area contributed by atoms with Crippen LogP contribution in [0.15, 0.2) is 58.8 Å². The first kappa shape index (κ1) is 15.9. The number of nitrogens with one attached hydrogen (secondary N) is 1. The van der Waals surface area contributed by atoms with E-state index in [0.717, 1.165) is 5.56 Å². The van der Waals surface area contributed by atoms with Crippen LogP contribution >= 0.6 is 15.9 Å². The molecule has 4 nitrogen and oxygen atoms in total. The third kappa shape index (κ3) is 4.03. The minimum absolute atomic E-state index is 0.0384. The van der Waals surface area contributed by atoms with Gasteiger partial charge in [-0.2, -0.15) is 5.26 Å². The molecule has 0 radical (unpaired) electrons. The minimum Gasteiger partial charge on any atom is -0.345 e. The molecule has 2 aromatic rings. The number of carbonyl (C=O) groups excluding carboxylic acids is 1. The number of hydrogen-bond acceptors (Lipinski definition) is 3. The summed E-state index contributed by atoms with van der Waals surface area (Å²) < 4.78 is 0.589. The molecule has 110 valence electrons. The summed E-state index contributed by atoms with van der Waals surface area (Å²) in [6, 6.07) is 14.9. The monoisotopic (exact) mass is 355 g/mol. The SMILES string of the molecule is C[C@H](NC(=O)/C(C#N)=C/c1cccnc1Br)c1ccccc1. The molecule has 0 aliphatic carbocycles. The molecule has 22 heavy (non-hydrogen) atoms. The second-order valence-corrected chi connectivity index (χ2v) is 5.41. The summed E-state index contributed by atoms with van der Waals surface area (Å²) in [5.74, 6) is -0.408. The lowest BCUT2D eigenvalue weighted by molar-refractivity contribution is -0.117. The normalized spacial score (nSPS) is 12.3. The van der Waals surface area contributed by atoms with Crippen molar-refractivity contribution < 1.29 is 4.79 Å². The summed E-state index contributed by atoms with van der Waals surface area (Å²) in [5.41, 5.74) is 1.70. The van der Waals surface area contributed by atoms with E-state index in [0.29, 0.717) is 10.2 Å². The van der Waals surface area contributed by atoms with Crippen LogP contribution in [0.1, 0.15) is 24.1 Å². The predicted octanol–water partition coefficient (Wildman–Crippen LogP) is 3.63. The first-order chi connectivity index (χ1) is 10.6. The number of amides is 1. The van der Waals surface area contributed by atoms with Crippen LogP contribution < -0.4 is 5.32 Å². The number of rotatable bonds is 4. The molecule has 0 aliphatic heterocycles. The van der Waals surface area contributed by atoms with E-state index in [1.807, 2.05) is 43.3 Å². The van der Waals surface area contributed by atoms with Crippen molar-refractivity contribution in [1.29, 1.82) is 5.26 Å². The Morgan fingerprint density at radius 2 is 2.05 bits per heavy atom. The zero-order chi connectivity index (χ0) is 15.9. The fourth-order valence-corrected chi connectivity index (χ4v) is 2.27. The van der Waals surface area contributed by atoms with Gasteiger partial charge in [0.25, 0.3) is 5.91 Å². The Balaban J connectivity index is 2.17. The fraction of sp³-hybridized carbons (Fsp3) is 0.118. The summed E-state index contributed by atoms with van der Waals surface area (Å²) in [7, 11) is 0. The molecule has 1 N–H and O–H groups in total. The van der Waals surface area contributed by atoms with E-state index in [4.69, 9.17) is 0 Å². The van der Waals surface area contributed by atoms with Gasteiger partial charge in [0.15, 0.2) is 0 Å². The summed E-state index contributed by atoms with van der Waals surface area (Å²) >= 11 is 3.29. The molecule has 0 unspecified atom stereocenters. The highest BCUT2D eigenvalue weighted by Crippen LogP contribution is 2.17. The summed E-state index contributed by atoms with van der Waals surface area (Å²) in [5, 5.41) is 12.0. The Hall–Kier alpha value is -2.45. The van der Waals surface area contributed by atoms with E-state index >= 15 is 0 Å².